The van der Waals surface area contributed by atoms with Crippen molar-refractivity contribution in [3.05, 3.63) is 59.1 Å². The molecule has 0 aliphatic carbocycles. The molecule has 0 radical (unpaired) electrons. The smallest absolute Gasteiger partial charge is 0.124 e. The van der Waals surface area contributed by atoms with Gasteiger partial charge >= 0.3 is 0 Å². The van der Waals surface area contributed by atoms with E-state index in [-0.39, 0.29) is 6.04 Å². The highest BCUT2D eigenvalue weighted by Gasteiger charge is 2.23. The highest BCUT2D eigenvalue weighted by molar-refractivity contribution is 7.18. The molecule has 4 rings (SSSR count). The molecule has 1 atom stereocenters. The van der Waals surface area contributed by atoms with E-state index < -0.39 is 0 Å². The van der Waals surface area contributed by atoms with E-state index in [4.69, 9.17) is 4.74 Å². The van der Waals surface area contributed by atoms with Gasteiger partial charge in [0.2, 0.25) is 0 Å². The Kier molecular flexibility index (Phi) is 2.90. The van der Waals surface area contributed by atoms with Crippen LogP contribution in [0.5, 0.6) is 5.75 Å². The monoisotopic (exact) mass is 282 g/mol. The number of hydrogen-bond donors (Lipinski definition) is 1. The van der Waals surface area contributed by atoms with Crippen LogP contribution in [0.1, 0.15) is 16.6 Å². The molecule has 1 N–H and O–H groups in total. The summed E-state index contributed by atoms with van der Waals surface area (Å²) < 4.78 is 6.92. The van der Waals surface area contributed by atoms with Crippen molar-refractivity contribution in [3.8, 4) is 5.75 Å². The summed E-state index contributed by atoms with van der Waals surface area (Å²) in [7, 11) is 0. The van der Waals surface area contributed by atoms with Crippen molar-refractivity contribution in [2.75, 3.05) is 6.61 Å². The summed E-state index contributed by atoms with van der Waals surface area (Å²) in [6.45, 7) is 1.48. The number of nitrogens with zero attached hydrogens (tertiary/aromatic N) is 1. The Hall–Kier alpha value is -1.91. The Morgan fingerprint density at radius 2 is 2.00 bits per heavy atom. The van der Waals surface area contributed by atoms with E-state index in [1.54, 1.807) is 11.3 Å². The molecule has 1 aliphatic heterocycles. The molecule has 4 heteroatoms. The SMILES string of the molecule is c1ccc2c(c1)OCC2NCc1nc2ccccc2s1. The Balaban J connectivity index is 1.51. The number of hydrogen-bond acceptors (Lipinski definition) is 4. The predicted octanol–water partition coefficient (Wildman–Crippen LogP) is 3.52. The summed E-state index contributed by atoms with van der Waals surface area (Å²) >= 11 is 1.75. The second-order valence-electron chi connectivity index (χ2n) is 4.86. The molecule has 3 aromatic rings. The zero-order chi connectivity index (χ0) is 13.4. The fourth-order valence-corrected chi connectivity index (χ4v) is 3.46. The van der Waals surface area contributed by atoms with Crippen molar-refractivity contribution in [1.82, 2.24) is 10.3 Å². The summed E-state index contributed by atoms with van der Waals surface area (Å²) in [5, 5.41) is 4.66. The zero-order valence-electron chi connectivity index (χ0n) is 10.9. The molecular weight excluding hydrogens is 268 g/mol. The van der Waals surface area contributed by atoms with E-state index >= 15 is 0 Å². The van der Waals surface area contributed by atoms with Crippen LogP contribution in [0, 0.1) is 0 Å². The number of benzene rings is 2. The van der Waals surface area contributed by atoms with E-state index in [0.717, 1.165) is 22.8 Å². The average molecular weight is 282 g/mol. The van der Waals surface area contributed by atoms with E-state index in [0.29, 0.717) is 6.61 Å². The van der Waals surface area contributed by atoms with Crippen LogP contribution in [0.25, 0.3) is 10.2 Å². The van der Waals surface area contributed by atoms with Gasteiger partial charge in [-0.05, 0) is 18.2 Å². The number of thiazole rings is 1. The molecular formula is C16H14N2OS. The van der Waals surface area contributed by atoms with Gasteiger partial charge in [-0.25, -0.2) is 4.98 Å². The first-order valence-corrected chi connectivity index (χ1v) is 7.51. The molecule has 2 aromatic carbocycles. The second kappa shape index (κ2) is 4.89. The van der Waals surface area contributed by atoms with Gasteiger partial charge in [0.15, 0.2) is 0 Å². The van der Waals surface area contributed by atoms with E-state index in [2.05, 4.69) is 40.6 Å². The maximum absolute atomic E-state index is 5.68. The maximum Gasteiger partial charge on any atom is 0.124 e. The summed E-state index contributed by atoms with van der Waals surface area (Å²) in [5.74, 6) is 0.995. The van der Waals surface area contributed by atoms with Gasteiger partial charge in [0, 0.05) is 12.1 Å². The minimum atomic E-state index is 0.262. The number of para-hydroxylation sites is 2. The van der Waals surface area contributed by atoms with Gasteiger partial charge in [-0.3, -0.25) is 0 Å². The lowest BCUT2D eigenvalue weighted by Gasteiger charge is -2.09. The largest absolute Gasteiger partial charge is 0.491 e. The molecule has 0 fully saturated rings. The van der Waals surface area contributed by atoms with Crippen LogP contribution in [-0.4, -0.2) is 11.6 Å². The van der Waals surface area contributed by atoms with Crippen LogP contribution in [0.2, 0.25) is 0 Å². The summed E-state index contributed by atoms with van der Waals surface area (Å²) in [6.07, 6.45) is 0. The maximum atomic E-state index is 5.68. The average Bonchev–Trinajstić information content (AvgIpc) is 3.08. The highest BCUT2D eigenvalue weighted by Crippen LogP contribution is 2.32. The first kappa shape index (κ1) is 11.9. The van der Waals surface area contributed by atoms with Crippen molar-refractivity contribution >= 4 is 21.6 Å². The van der Waals surface area contributed by atoms with Crippen molar-refractivity contribution in [2.24, 2.45) is 0 Å². The van der Waals surface area contributed by atoms with E-state index in [1.807, 2.05) is 18.2 Å². The van der Waals surface area contributed by atoms with Crippen LogP contribution in [0.15, 0.2) is 48.5 Å². The van der Waals surface area contributed by atoms with Gasteiger partial charge in [0.25, 0.3) is 0 Å². The Morgan fingerprint density at radius 1 is 1.15 bits per heavy atom. The van der Waals surface area contributed by atoms with Crippen LogP contribution in [0.4, 0.5) is 0 Å². The van der Waals surface area contributed by atoms with Crippen LogP contribution < -0.4 is 10.1 Å². The predicted molar refractivity (Wildman–Crippen MR) is 81.1 cm³/mol. The molecule has 0 saturated heterocycles. The lowest BCUT2D eigenvalue weighted by Crippen LogP contribution is -2.21. The van der Waals surface area contributed by atoms with Crippen molar-refractivity contribution in [2.45, 2.75) is 12.6 Å². The van der Waals surface area contributed by atoms with Crippen LogP contribution in [0.3, 0.4) is 0 Å². The van der Waals surface area contributed by atoms with Gasteiger partial charge in [-0.1, -0.05) is 30.3 Å². The summed E-state index contributed by atoms with van der Waals surface area (Å²) in [5.41, 5.74) is 2.32. The first-order chi connectivity index (χ1) is 9.90. The summed E-state index contributed by atoms with van der Waals surface area (Å²) in [4.78, 5) is 4.64. The Morgan fingerprint density at radius 3 is 2.95 bits per heavy atom. The minimum Gasteiger partial charge on any atom is -0.491 e. The number of rotatable bonds is 3. The standard InChI is InChI=1S/C16H14N2OS/c1-3-7-14-11(5-1)13(10-19-14)17-9-16-18-12-6-2-4-8-15(12)20-16/h1-8,13,17H,9-10H2. The van der Waals surface area contributed by atoms with Gasteiger partial charge in [0.05, 0.1) is 16.3 Å². The number of aromatic nitrogens is 1. The normalized spacial score (nSPS) is 17.1. The number of fused-ring (bicyclic) bond motifs is 2. The highest BCUT2D eigenvalue weighted by atomic mass is 32.1. The number of nitrogens with one attached hydrogen (secondary N) is 1. The fraction of sp³-hybridized carbons (Fsp3) is 0.188. The topological polar surface area (TPSA) is 34.1 Å². The van der Waals surface area contributed by atoms with Crippen molar-refractivity contribution in [3.63, 3.8) is 0 Å². The Labute approximate surface area is 121 Å². The second-order valence-corrected chi connectivity index (χ2v) is 5.97. The third-order valence-electron chi connectivity index (χ3n) is 3.54. The van der Waals surface area contributed by atoms with E-state index in [1.165, 1.54) is 10.3 Å². The molecule has 0 saturated carbocycles. The molecule has 1 aliphatic rings. The lowest BCUT2D eigenvalue weighted by molar-refractivity contribution is 0.310. The van der Waals surface area contributed by atoms with Crippen LogP contribution >= 0.6 is 11.3 Å². The molecule has 20 heavy (non-hydrogen) atoms. The van der Waals surface area contributed by atoms with Gasteiger partial charge < -0.3 is 10.1 Å². The fourth-order valence-electron chi connectivity index (χ4n) is 2.54. The van der Waals surface area contributed by atoms with Crippen molar-refractivity contribution < 1.29 is 4.74 Å². The van der Waals surface area contributed by atoms with E-state index in [9.17, 15) is 0 Å². The third kappa shape index (κ3) is 2.07. The molecule has 2 heterocycles. The molecule has 0 spiro atoms. The van der Waals surface area contributed by atoms with Gasteiger partial charge in [-0.15, -0.1) is 11.3 Å². The molecule has 0 bridgehead atoms. The zero-order valence-corrected chi connectivity index (χ0v) is 11.7. The lowest BCUT2D eigenvalue weighted by atomic mass is 10.1. The molecule has 1 aromatic heterocycles. The first-order valence-electron chi connectivity index (χ1n) is 6.70. The third-order valence-corrected chi connectivity index (χ3v) is 4.57. The van der Waals surface area contributed by atoms with Gasteiger partial charge in [0.1, 0.15) is 17.4 Å². The number of ether oxygens (including phenoxy) is 1. The Bertz CT molecular complexity index is 720. The minimum absolute atomic E-state index is 0.262. The molecule has 100 valence electrons. The quantitative estimate of drug-likeness (QED) is 0.798. The van der Waals surface area contributed by atoms with Gasteiger partial charge in [-0.2, -0.15) is 0 Å². The van der Waals surface area contributed by atoms with Crippen LogP contribution in [-0.2, 0) is 6.54 Å². The summed E-state index contributed by atoms with van der Waals surface area (Å²) in [6, 6.07) is 16.7. The van der Waals surface area contributed by atoms with Crippen molar-refractivity contribution in [1.29, 1.82) is 0 Å². The molecule has 3 nitrogen and oxygen atoms in total. The molecule has 1 unspecified atom stereocenters. The molecule has 0 amide bonds.